The molecular formula is C12H10N2O3S. The lowest BCUT2D eigenvalue weighted by Gasteiger charge is -1.98. The average molecular weight is 262 g/mol. The Kier molecular flexibility index (Phi) is 3.69. The van der Waals surface area contributed by atoms with E-state index >= 15 is 0 Å². The van der Waals surface area contributed by atoms with Crippen molar-refractivity contribution in [1.82, 2.24) is 4.98 Å². The van der Waals surface area contributed by atoms with Crippen molar-refractivity contribution in [2.24, 2.45) is 5.73 Å². The molecule has 5 nitrogen and oxygen atoms in total. The highest BCUT2D eigenvalue weighted by Crippen LogP contribution is 2.23. The van der Waals surface area contributed by atoms with E-state index in [1.54, 1.807) is 12.1 Å². The van der Waals surface area contributed by atoms with Crippen LogP contribution < -0.4 is 10.5 Å². The van der Waals surface area contributed by atoms with Crippen LogP contribution in [0.25, 0.3) is 0 Å². The smallest absolute Gasteiger partial charge is 0.398 e. The Morgan fingerprint density at radius 1 is 1.39 bits per heavy atom. The molecule has 0 aliphatic carbocycles. The fourth-order valence-corrected chi connectivity index (χ4v) is 2.22. The summed E-state index contributed by atoms with van der Waals surface area (Å²) in [6.07, 6.45) is 2.03. The molecule has 0 radical (unpaired) electrons. The van der Waals surface area contributed by atoms with Gasteiger partial charge < -0.3 is 10.5 Å². The van der Waals surface area contributed by atoms with E-state index in [1.807, 2.05) is 12.1 Å². The molecule has 92 valence electrons. The van der Waals surface area contributed by atoms with E-state index in [4.69, 9.17) is 10.5 Å². The van der Waals surface area contributed by atoms with E-state index in [9.17, 15) is 9.59 Å². The summed E-state index contributed by atoms with van der Waals surface area (Å²) in [4.78, 5) is 25.2. The monoisotopic (exact) mass is 262 g/mol. The molecule has 6 heteroatoms. The van der Waals surface area contributed by atoms with E-state index in [-0.39, 0.29) is 0 Å². The zero-order valence-electron chi connectivity index (χ0n) is 9.33. The van der Waals surface area contributed by atoms with Crippen LogP contribution in [0.2, 0.25) is 0 Å². The zero-order chi connectivity index (χ0) is 13.0. The highest BCUT2D eigenvalue weighted by atomic mass is 32.1. The van der Waals surface area contributed by atoms with E-state index in [1.165, 1.54) is 17.5 Å². The van der Waals surface area contributed by atoms with Gasteiger partial charge in [-0.15, -0.1) is 0 Å². The van der Waals surface area contributed by atoms with Gasteiger partial charge in [-0.2, -0.15) is 0 Å². The third-order valence-electron chi connectivity index (χ3n) is 2.20. The van der Waals surface area contributed by atoms with Crippen LogP contribution in [-0.4, -0.2) is 17.4 Å². The summed E-state index contributed by atoms with van der Waals surface area (Å²) in [6, 6.07) is 7.22. The standard InChI is InChI=1S/C12H10N2O3S/c13-12(16)17-11-6-14-10(18-11)5-8-1-3-9(7-15)4-2-8/h1-4,6-7H,5H2,(H2,13,16). The minimum Gasteiger partial charge on any atom is -0.398 e. The molecule has 2 rings (SSSR count). The summed E-state index contributed by atoms with van der Waals surface area (Å²) in [6.45, 7) is 0. The summed E-state index contributed by atoms with van der Waals surface area (Å²) in [5.41, 5.74) is 6.57. The van der Waals surface area contributed by atoms with Gasteiger partial charge in [-0.05, 0) is 5.56 Å². The van der Waals surface area contributed by atoms with Gasteiger partial charge in [-0.3, -0.25) is 4.79 Å². The second-order valence-electron chi connectivity index (χ2n) is 3.53. The molecule has 0 aliphatic heterocycles. The molecule has 0 unspecified atom stereocenters. The van der Waals surface area contributed by atoms with Crippen LogP contribution in [-0.2, 0) is 6.42 Å². The van der Waals surface area contributed by atoms with Crippen LogP contribution in [0, 0.1) is 0 Å². The Bertz CT molecular complexity index is 563. The van der Waals surface area contributed by atoms with Crippen LogP contribution >= 0.6 is 11.3 Å². The van der Waals surface area contributed by atoms with E-state index < -0.39 is 6.09 Å². The van der Waals surface area contributed by atoms with Crippen molar-refractivity contribution in [3.05, 3.63) is 46.6 Å². The quantitative estimate of drug-likeness (QED) is 0.854. The molecular weight excluding hydrogens is 252 g/mol. The van der Waals surface area contributed by atoms with Crippen LogP contribution in [0.3, 0.4) is 0 Å². The first-order chi connectivity index (χ1) is 8.67. The number of aldehydes is 1. The number of amides is 1. The molecule has 0 saturated carbocycles. The summed E-state index contributed by atoms with van der Waals surface area (Å²) < 4.78 is 4.72. The Morgan fingerprint density at radius 3 is 2.72 bits per heavy atom. The number of rotatable bonds is 4. The summed E-state index contributed by atoms with van der Waals surface area (Å²) in [5.74, 6) is 0. The lowest BCUT2D eigenvalue weighted by Crippen LogP contribution is -2.15. The third-order valence-corrected chi connectivity index (χ3v) is 3.08. The highest BCUT2D eigenvalue weighted by Gasteiger charge is 2.06. The SMILES string of the molecule is NC(=O)Oc1cnc(Cc2ccc(C=O)cc2)s1. The van der Waals surface area contributed by atoms with Crippen molar-refractivity contribution in [3.63, 3.8) is 0 Å². The van der Waals surface area contributed by atoms with Crippen molar-refractivity contribution < 1.29 is 14.3 Å². The number of hydrogen-bond acceptors (Lipinski definition) is 5. The van der Waals surface area contributed by atoms with Gasteiger partial charge in [0.15, 0.2) is 0 Å². The maximum atomic E-state index is 10.6. The molecule has 0 bridgehead atoms. The Hall–Kier alpha value is -2.21. The van der Waals surface area contributed by atoms with Gasteiger partial charge in [0.1, 0.15) is 11.3 Å². The highest BCUT2D eigenvalue weighted by molar-refractivity contribution is 7.13. The van der Waals surface area contributed by atoms with Crippen LogP contribution in [0.1, 0.15) is 20.9 Å². The molecule has 0 atom stereocenters. The number of benzene rings is 1. The number of thiazole rings is 1. The van der Waals surface area contributed by atoms with Crippen molar-refractivity contribution in [1.29, 1.82) is 0 Å². The van der Waals surface area contributed by atoms with Gasteiger partial charge in [-0.25, -0.2) is 9.78 Å². The van der Waals surface area contributed by atoms with Crippen LogP contribution in [0.15, 0.2) is 30.5 Å². The third kappa shape index (κ3) is 3.14. The fraction of sp³-hybridized carbons (Fsp3) is 0.0833. The molecule has 1 amide bonds. The molecule has 0 aliphatic rings. The maximum Gasteiger partial charge on any atom is 0.410 e. The number of nitrogens with zero attached hydrogens (tertiary/aromatic N) is 1. The van der Waals surface area contributed by atoms with Crippen LogP contribution in [0.5, 0.6) is 5.06 Å². The largest absolute Gasteiger partial charge is 0.410 e. The molecule has 1 aromatic carbocycles. The van der Waals surface area contributed by atoms with Crippen molar-refractivity contribution >= 4 is 23.7 Å². The number of ether oxygens (including phenoxy) is 1. The van der Waals surface area contributed by atoms with Crippen molar-refractivity contribution in [2.45, 2.75) is 6.42 Å². The number of carbonyl (C=O) groups is 2. The Morgan fingerprint density at radius 2 is 2.11 bits per heavy atom. The molecule has 18 heavy (non-hydrogen) atoms. The molecule has 1 aromatic heterocycles. The number of carbonyl (C=O) groups excluding carboxylic acids is 2. The zero-order valence-corrected chi connectivity index (χ0v) is 10.1. The molecule has 0 saturated heterocycles. The number of hydrogen-bond donors (Lipinski definition) is 1. The fourth-order valence-electron chi connectivity index (χ4n) is 1.41. The molecule has 1 heterocycles. The summed E-state index contributed by atoms with van der Waals surface area (Å²) in [5, 5.41) is 1.19. The second-order valence-corrected chi connectivity index (χ2v) is 4.61. The van der Waals surface area contributed by atoms with Gasteiger partial charge in [-0.1, -0.05) is 35.6 Å². The van der Waals surface area contributed by atoms with Gasteiger partial charge in [0, 0.05) is 12.0 Å². The number of primary amides is 1. The minimum absolute atomic E-state index is 0.377. The normalized spacial score (nSPS) is 10.0. The van der Waals surface area contributed by atoms with Gasteiger partial charge in [0.05, 0.1) is 6.20 Å². The molecule has 0 spiro atoms. The Labute approximate surface area is 107 Å². The lowest BCUT2D eigenvalue weighted by atomic mass is 10.1. The van der Waals surface area contributed by atoms with Gasteiger partial charge >= 0.3 is 6.09 Å². The van der Waals surface area contributed by atoms with Gasteiger partial charge in [0.25, 0.3) is 0 Å². The van der Waals surface area contributed by atoms with Crippen LogP contribution in [0.4, 0.5) is 4.79 Å². The van der Waals surface area contributed by atoms with Gasteiger partial charge in [0.2, 0.25) is 5.06 Å². The topological polar surface area (TPSA) is 82.3 Å². The first-order valence-electron chi connectivity index (χ1n) is 5.13. The first-order valence-corrected chi connectivity index (χ1v) is 5.95. The second kappa shape index (κ2) is 5.42. The van der Waals surface area contributed by atoms with Crippen molar-refractivity contribution in [3.8, 4) is 5.06 Å². The molecule has 0 fully saturated rings. The van der Waals surface area contributed by atoms with E-state index in [0.29, 0.717) is 17.0 Å². The minimum atomic E-state index is -0.847. The number of aromatic nitrogens is 1. The lowest BCUT2D eigenvalue weighted by molar-refractivity contribution is 0.112. The summed E-state index contributed by atoms with van der Waals surface area (Å²) in [7, 11) is 0. The number of nitrogens with two attached hydrogens (primary N) is 1. The maximum absolute atomic E-state index is 10.6. The Balaban J connectivity index is 2.06. The molecule has 2 N–H and O–H groups in total. The average Bonchev–Trinajstić information content (AvgIpc) is 2.76. The van der Waals surface area contributed by atoms with Crippen molar-refractivity contribution in [2.75, 3.05) is 0 Å². The van der Waals surface area contributed by atoms with E-state index in [0.717, 1.165) is 16.9 Å². The summed E-state index contributed by atoms with van der Waals surface area (Å²) >= 11 is 1.26. The predicted molar refractivity (Wildman–Crippen MR) is 67.0 cm³/mol. The molecule has 2 aromatic rings. The predicted octanol–water partition coefficient (Wildman–Crippen LogP) is 2.00. The van der Waals surface area contributed by atoms with E-state index in [2.05, 4.69) is 4.98 Å². The first kappa shape index (κ1) is 12.3.